The maximum Gasteiger partial charge on any atom is 0.0580 e. The number of nitrogens with two attached hydrogens (primary N) is 1. The third-order valence-corrected chi connectivity index (χ3v) is 7.13. The van der Waals surface area contributed by atoms with Gasteiger partial charge in [-0.05, 0) is 58.7 Å². The van der Waals surface area contributed by atoms with Gasteiger partial charge >= 0.3 is 0 Å². The zero-order chi connectivity index (χ0) is 23.4. The Morgan fingerprint density at radius 2 is 1.53 bits per heavy atom. The number of anilines is 1. The molecule has 0 atom stereocenters. The van der Waals surface area contributed by atoms with Crippen molar-refractivity contribution in [1.29, 1.82) is 0 Å². The van der Waals surface area contributed by atoms with Crippen LogP contribution in [0.15, 0.2) is 91.5 Å². The van der Waals surface area contributed by atoms with Crippen molar-refractivity contribution in [3.05, 3.63) is 108 Å². The average Bonchev–Trinajstić information content (AvgIpc) is 3.36. The van der Waals surface area contributed by atoms with Crippen LogP contribution in [0.3, 0.4) is 0 Å². The van der Waals surface area contributed by atoms with E-state index in [9.17, 15) is 0 Å². The Kier molecular flexibility index (Phi) is 4.68. The predicted molar refractivity (Wildman–Crippen MR) is 147 cm³/mol. The van der Waals surface area contributed by atoms with E-state index in [0.717, 1.165) is 22.4 Å². The first-order valence-corrected chi connectivity index (χ1v) is 11.7. The lowest BCUT2D eigenvalue weighted by Gasteiger charge is -2.14. The molecule has 3 N–H and O–H groups in total. The quantitative estimate of drug-likeness (QED) is 0.338. The van der Waals surface area contributed by atoms with Crippen LogP contribution in [0.2, 0.25) is 0 Å². The zero-order valence-corrected chi connectivity index (χ0v) is 19.5. The second-order valence-corrected chi connectivity index (χ2v) is 8.87. The van der Waals surface area contributed by atoms with E-state index < -0.39 is 0 Å². The third kappa shape index (κ3) is 2.81. The molecule has 0 spiro atoms. The summed E-state index contributed by atoms with van der Waals surface area (Å²) in [4.78, 5) is 0. The molecule has 3 heteroatoms. The molecule has 2 heterocycles. The fourth-order valence-corrected chi connectivity index (χ4v) is 5.50. The van der Waals surface area contributed by atoms with Gasteiger partial charge in [0.25, 0.3) is 0 Å². The number of aryl methyl sites for hydroxylation is 1. The molecule has 0 radical (unpaired) electrons. The lowest BCUT2D eigenvalue weighted by Crippen LogP contribution is -2.16. The van der Waals surface area contributed by atoms with Crippen molar-refractivity contribution >= 4 is 54.9 Å². The monoisotopic (exact) mass is 441 g/mol. The van der Waals surface area contributed by atoms with Gasteiger partial charge < -0.3 is 15.5 Å². The lowest BCUT2D eigenvalue weighted by molar-refractivity contribution is 1.27. The predicted octanol–water partition coefficient (Wildman–Crippen LogP) is 6.29. The van der Waals surface area contributed by atoms with E-state index in [1.54, 1.807) is 0 Å². The number of nitrogens with zero attached hydrogens (tertiary/aromatic N) is 1. The highest BCUT2D eigenvalue weighted by Crippen LogP contribution is 2.34. The smallest absolute Gasteiger partial charge is 0.0580 e. The molecule has 0 amide bonds. The van der Waals surface area contributed by atoms with Crippen molar-refractivity contribution in [3.8, 4) is 0 Å². The Bertz CT molecular complexity index is 1800. The number of benzene rings is 4. The molecule has 0 fully saturated rings. The molecule has 0 aliphatic rings. The molecule has 6 aromatic rings. The van der Waals surface area contributed by atoms with Crippen LogP contribution in [0, 0.1) is 6.92 Å². The highest BCUT2D eigenvalue weighted by molar-refractivity contribution is 6.11. The summed E-state index contributed by atoms with van der Waals surface area (Å²) in [5.41, 5.74) is 15.6. The molecule has 3 nitrogen and oxygen atoms in total. The Labute approximate surface area is 198 Å². The summed E-state index contributed by atoms with van der Waals surface area (Å²) in [5.74, 6) is 0. The minimum atomic E-state index is 0.402. The molecule has 4 aromatic carbocycles. The summed E-state index contributed by atoms with van der Waals surface area (Å²) in [6, 6.07) is 30.1. The van der Waals surface area contributed by atoms with Gasteiger partial charge in [0.05, 0.1) is 16.6 Å². The summed E-state index contributed by atoms with van der Waals surface area (Å²) in [5, 5.41) is 9.44. The number of hydrogen-bond acceptors (Lipinski definition) is 2. The number of nitrogens with one attached hydrogen (secondary N) is 1. The fourth-order valence-electron chi connectivity index (χ4n) is 5.50. The van der Waals surface area contributed by atoms with E-state index in [0.29, 0.717) is 6.54 Å². The van der Waals surface area contributed by atoms with Crippen molar-refractivity contribution in [1.82, 2.24) is 4.40 Å². The summed E-state index contributed by atoms with van der Waals surface area (Å²) < 4.78 is 2.41. The molecule has 34 heavy (non-hydrogen) atoms. The molecule has 6 rings (SSSR count). The topological polar surface area (TPSA) is 42.5 Å². The van der Waals surface area contributed by atoms with Gasteiger partial charge in [0.15, 0.2) is 0 Å². The molecule has 0 unspecified atom stereocenters. The van der Waals surface area contributed by atoms with E-state index in [2.05, 4.69) is 102 Å². The van der Waals surface area contributed by atoms with Gasteiger partial charge in [-0.3, -0.25) is 0 Å². The summed E-state index contributed by atoms with van der Waals surface area (Å²) in [7, 11) is 1.94. The maximum atomic E-state index is 6.51. The number of hydrogen-bond donors (Lipinski definition) is 2. The minimum Gasteiger partial charge on any atom is -0.388 e. The molecule has 2 aromatic heterocycles. The van der Waals surface area contributed by atoms with E-state index in [1.165, 1.54) is 48.9 Å². The van der Waals surface area contributed by atoms with Crippen LogP contribution in [0.4, 0.5) is 5.69 Å². The van der Waals surface area contributed by atoms with Gasteiger partial charge in [-0.1, -0.05) is 67.2 Å². The normalized spacial score (nSPS) is 12.7. The van der Waals surface area contributed by atoms with Crippen LogP contribution in [0.25, 0.3) is 49.2 Å². The molecule has 0 aliphatic heterocycles. The van der Waals surface area contributed by atoms with E-state index in [1.807, 2.05) is 13.1 Å². The second-order valence-electron chi connectivity index (χ2n) is 8.87. The van der Waals surface area contributed by atoms with Crippen LogP contribution in [-0.2, 0) is 0 Å². The van der Waals surface area contributed by atoms with Gasteiger partial charge in [0, 0.05) is 40.8 Å². The van der Waals surface area contributed by atoms with Crippen molar-refractivity contribution in [3.63, 3.8) is 0 Å². The SMILES string of the molecule is C=C(/C(CN)=c1/c2cc3ccccc3cc2n2c1c(C)c1ccccc12)c1ccccc1NC. The first-order valence-electron chi connectivity index (χ1n) is 11.7. The van der Waals surface area contributed by atoms with Crippen molar-refractivity contribution in [2.24, 2.45) is 5.73 Å². The third-order valence-electron chi connectivity index (χ3n) is 7.13. The minimum absolute atomic E-state index is 0.402. The Morgan fingerprint density at radius 3 is 2.29 bits per heavy atom. The Balaban J connectivity index is 1.86. The second kappa shape index (κ2) is 7.75. The maximum absolute atomic E-state index is 6.51. The number of rotatable bonds is 4. The van der Waals surface area contributed by atoms with Crippen molar-refractivity contribution in [2.45, 2.75) is 6.92 Å². The van der Waals surface area contributed by atoms with Gasteiger partial charge in [0.2, 0.25) is 0 Å². The zero-order valence-electron chi connectivity index (χ0n) is 19.5. The van der Waals surface area contributed by atoms with E-state index in [4.69, 9.17) is 5.73 Å². The molecule has 0 bridgehead atoms. The van der Waals surface area contributed by atoms with E-state index >= 15 is 0 Å². The lowest BCUT2D eigenvalue weighted by atomic mass is 9.94. The van der Waals surface area contributed by atoms with Crippen LogP contribution in [0.1, 0.15) is 11.1 Å². The van der Waals surface area contributed by atoms with Crippen LogP contribution < -0.4 is 16.3 Å². The van der Waals surface area contributed by atoms with Gasteiger partial charge in [-0.2, -0.15) is 0 Å². The molecule has 0 aliphatic carbocycles. The van der Waals surface area contributed by atoms with E-state index in [-0.39, 0.29) is 0 Å². The summed E-state index contributed by atoms with van der Waals surface area (Å²) in [6.45, 7) is 7.18. The average molecular weight is 442 g/mol. The van der Waals surface area contributed by atoms with Crippen LogP contribution in [-0.4, -0.2) is 18.0 Å². The fraction of sp³-hybridized carbons (Fsp3) is 0.0968. The molecule has 0 saturated carbocycles. The van der Waals surface area contributed by atoms with Gasteiger partial charge in [-0.15, -0.1) is 0 Å². The highest BCUT2D eigenvalue weighted by Gasteiger charge is 2.20. The molecular formula is C31H27N3. The molecular weight excluding hydrogens is 414 g/mol. The summed E-state index contributed by atoms with van der Waals surface area (Å²) in [6.07, 6.45) is 0. The van der Waals surface area contributed by atoms with Crippen LogP contribution in [0.5, 0.6) is 0 Å². The summed E-state index contributed by atoms with van der Waals surface area (Å²) >= 11 is 0. The number of fused-ring (bicyclic) bond motifs is 6. The highest BCUT2D eigenvalue weighted by atomic mass is 14.9. The number of aromatic nitrogens is 1. The first kappa shape index (κ1) is 20.5. The standard InChI is InChI=1S/C31H27N3/c1-19(23-12-6-8-14-27(23)33-3)26(18-32)30-25-16-21-10-4-5-11-22(21)17-29(25)34-28-15-9-7-13-24(28)20(2)31(30)34/h4-17,33H,1,18,32H2,2-3H3/b30-26-. The Morgan fingerprint density at radius 1 is 0.853 bits per heavy atom. The first-order chi connectivity index (χ1) is 16.6. The number of para-hydroxylation sites is 2. The van der Waals surface area contributed by atoms with Gasteiger partial charge in [-0.25, -0.2) is 0 Å². The van der Waals surface area contributed by atoms with Gasteiger partial charge in [0.1, 0.15) is 0 Å². The largest absolute Gasteiger partial charge is 0.388 e. The van der Waals surface area contributed by atoms with Crippen molar-refractivity contribution < 1.29 is 0 Å². The Hall–Kier alpha value is -4.08. The molecule has 0 saturated heterocycles. The molecule has 166 valence electrons. The van der Waals surface area contributed by atoms with Crippen LogP contribution >= 0.6 is 0 Å². The van der Waals surface area contributed by atoms with Crippen molar-refractivity contribution in [2.75, 3.05) is 18.9 Å².